The van der Waals surface area contributed by atoms with Gasteiger partial charge in [0, 0.05) is 38.9 Å². The van der Waals surface area contributed by atoms with Crippen LogP contribution in [0.1, 0.15) is 37.9 Å². The number of carbonyl (C=O) groups is 2. The van der Waals surface area contributed by atoms with Gasteiger partial charge in [0.05, 0.1) is 12.1 Å². The first-order chi connectivity index (χ1) is 16.9. The lowest BCUT2D eigenvalue weighted by molar-refractivity contribution is -0.127. The van der Waals surface area contributed by atoms with Crippen LogP contribution in [0.5, 0.6) is 0 Å². The average molecular weight is 479 g/mol. The van der Waals surface area contributed by atoms with Gasteiger partial charge in [0.1, 0.15) is 12.4 Å². The van der Waals surface area contributed by atoms with Crippen LogP contribution < -0.4 is 10.2 Å². The summed E-state index contributed by atoms with van der Waals surface area (Å²) in [5.74, 6) is 1.27. The molecule has 0 spiro atoms. The second-order valence-corrected chi connectivity index (χ2v) is 9.41. The monoisotopic (exact) mass is 478 g/mol. The van der Waals surface area contributed by atoms with Gasteiger partial charge in [-0.05, 0) is 36.1 Å². The van der Waals surface area contributed by atoms with Crippen molar-refractivity contribution in [2.45, 2.75) is 39.4 Å². The molecule has 2 aliphatic heterocycles. The molecule has 3 heterocycles. The van der Waals surface area contributed by atoms with Crippen molar-refractivity contribution in [3.63, 3.8) is 0 Å². The van der Waals surface area contributed by atoms with Crippen LogP contribution in [0.4, 0.5) is 16.6 Å². The van der Waals surface area contributed by atoms with Crippen LogP contribution in [0.15, 0.2) is 49.2 Å². The highest BCUT2D eigenvalue weighted by atomic mass is 16.6. The first-order valence-corrected chi connectivity index (χ1v) is 12.1. The number of nitrogens with zero attached hydrogens (tertiary/aromatic N) is 5. The van der Waals surface area contributed by atoms with E-state index in [0.29, 0.717) is 18.4 Å². The Morgan fingerprint density at radius 3 is 2.54 bits per heavy atom. The molecule has 4 rings (SSSR count). The zero-order valence-electron chi connectivity index (χ0n) is 20.7. The Morgan fingerprint density at radius 2 is 1.89 bits per heavy atom. The third-order valence-corrected chi connectivity index (χ3v) is 6.65. The van der Waals surface area contributed by atoms with Crippen LogP contribution in [-0.2, 0) is 16.1 Å². The van der Waals surface area contributed by atoms with Gasteiger partial charge in [0.25, 0.3) is 0 Å². The SMILES string of the molecule is C=CC(=O)N1CCN(Cc2ccc(C(C)Nc3nccc(N4C(=O)OC[C@@H]4C(C)C)n3)cc2)CC1. The predicted molar refractivity (Wildman–Crippen MR) is 135 cm³/mol. The summed E-state index contributed by atoms with van der Waals surface area (Å²) in [4.78, 5) is 38.8. The van der Waals surface area contributed by atoms with E-state index in [1.165, 1.54) is 11.6 Å². The van der Waals surface area contributed by atoms with E-state index < -0.39 is 0 Å². The lowest BCUT2D eigenvalue weighted by Crippen LogP contribution is -2.47. The van der Waals surface area contributed by atoms with Gasteiger partial charge in [0.15, 0.2) is 0 Å². The number of nitrogens with one attached hydrogen (secondary N) is 1. The van der Waals surface area contributed by atoms with Crippen molar-refractivity contribution < 1.29 is 14.3 Å². The number of ether oxygens (including phenoxy) is 1. The molecule has 2 atom stereocenters. The predicted octanol–water partition coefficient (Wildman–Crippen LogP) is 3.46. The fourth-order valence-corrected chi connectivity index (χ4v) is 4.45. The first-order valence-electron chi connectivity index (χ1n) is 12.1. The number of aromatic nitrogens is 2. The quantitative estimate of drug-likeness (QED) is 0.581. The highest BCUT2D eigenvalue weighted by molar-refractivity contribution is 5.89. The normalized spacial score (nSPS) is 19.5. The summed E-state index contributed by atoms with van der Waals surface area (Å²) in [5, 5.41) is 3.35. The van der Waals surface area contributed by atoms with Gasteiger partial charge in [-0.15, -0.1) is 0 Å². The van der Waals surface area contributed by atoms with Gasteiger partial charge < -0.3 is 15.0 Å². The molecule has 2 fully saturated rings. The van der Waals surface area contributed by atoms with Crippen molar-refractivity contribution in [2.75, 3.05) is 43.0 Å². The second kappa shape index (κ2) is 10.9. The number of hydrogen-bond acceptors (Lipinski definition) is 7. The number of piperazine rings is 1. The van der Waals surface area contributed by atoms with Crippen molar-refractivity contribution in [2.24, 2.45) is 5.92 Å². The van der Waals surface area contributed by atoms with Crippen molar-refractivity contribution in [3.8, 4) is 0 Å². The molecule has 0 radical (unpaired) electrons. The highest BCUT2D eigenvalue weighted by Gasteiger charge is 2.37. The molecule has 0 saturated carbocycles. The minimum absolute atomic E-state index is 0.00473. The minimum Gasteiger partial charge on any atom is -0.447 e. The topological polar surface area (TPSA) is 90.9 Å². The van der Waals surface area contributed by atoms with E-state index in [9.17, 15) is 9.59 Å². The Hall–Kier alpha value is -3.46. The van der Waals surface area contributed by atoms with Crippen LogP contribution in [-0.4, -0.2) is 70.6 Å². The van der Waals surface area contributed by atoms with E-state index in [1.54, 1.807) is 17.2 Å². The van der Waals surface area contributed by atoms with E-state index in [4.69, 9.17) is 4.74 Å². The zero-order valence-corrected chi connectivity index (χ0v) is 20.7. The average Bonchev–Trinajstić information content (AvgIpc) is 3.26. The van der Waals surface area contributed by atoms with E-state index in [2.05, 4.69) is 71.8 Å². The van der Waals surface area contributed by atoms with E-state index >= 15 is 0 Å². The number of carbonyl (C=O) groups excluding carboxylic acids is 2. The molecule has 186 valence electrons. The van der Waals surface area contributed by atoms with Gasteiger partial charge in [0.2, 0.25) is 11.9 Å². The van der Waals surface area contributed by atoms with Crippen molar-refractivity contribution in [3.05, 3.63) is 60.3 Å². The summed E-state index contributed by atoms with van der Waals surface area (Å²) in [6, 6.07) is 10.2. The van der Waals surface area contributed by atoms with Crippen LogP contribution in [0.25, 0.3) is 0 Å². The number of rotatable bonds is 8. The summed E-state index contributed by atoms with van der Waals surface area (Å²) < 4.78 is 5.25. The molecular weight excluding hydrogens is 444 g/mol. The summed E-state index contributed by atoms with van der Waals surface area (Å²) in [6.45, 7) is 14.2. The highest BCUT2D eigenvalue weighted by Crippen LogP contribution is 2.27. The Kier molecular flexibility index (Phi) is 7.65. The van der Waals surface area contributed by atoms with Crippen molar-refractivity contribution in [1.82, 2.24) is 19.8 Å². The van der Waals surface area contributed by atoms with Gasteiger partial charge >= 0.3 is 6.09 Å². The van der Waals surface area contributed by atoms with Crippen molar-refractivity contribution in [1.29, 1.82) is 0 Å². The number of cyclic esters (lactones) is 1. The van der Waals surface area contributed by atoms with Crippen molar-refractivity contribution >= 4 is 23.8 Å². The molecule has 0 bridgehead atoms. The molecule has 9 nitrogen and oxygen atoms in total. The van der Waals surface area contributed by atoms with Crippen LogP contribution in [0.3, 0.4) is 0 Å². The fourth-order valence-electron chi connectivity index (χ4n) is 4.45. The summed E-state index contributed by atoms with van der Waals surface area (Å²) in [7, 11) is 0. The lowest BCUT2D eigenvalue weighted by Gasteiger charge is -2.34. The van der Waals surface area contributed by atoms with E-state index in [1.807, 2.05) is 4.90 Å². The number of benzene rings is 1. The maximum atomic E-state index is 12.3. The summed E-state index contributed by atoms with van der Waals surface area (Å²) in [6.07, 6.45) is 2.67. The van der Waals surface area contributed by atoms with Crippen LogP contribution in [0, 0.1) is 5.92 Å². The Morgan fingerprint density at radius 1 is 1.17 bits per heavy atom. The molecule has 35 heavy (non-hydrogen) atoms. The Balaban J connectivity index is 1.35. The molecule has 9 heteroatoms. The number of hydrogen-bond donors (Lipinski definition) is 1. The molecule has 1 aromatic carbocycles. The Bertz CT molecular complexity index is 1050. The molecule has 1 unspecified atom stereocenters. The number of amides is 2. The van der Waals surface area contributed by atoms with Gasteiger partial charge in [-0.25, -0.2) is 9.78 Å². The van der Waals surface area contributed by atoms with Crippen LogP contribution >= 0.6 is 0 Å². The molecule has 1 N–H and O–H groups in total. The first kappa shape index (κ1) is 24.7. The molecule has 1 aromatic heterocycles. The number of anilines is 2. The van der Waals surface area contributed by atoms with Gasteiger partial charge in [-0.1, -0.05) is 44.7 Å². The third kappa shape index (κ3) is 5.79. The summed E-state index contributed by atoms with van der Waals surface area (Å²) >= 11 is 0. The maximum Gasteiger partial charge on any atom is 0.415 e. The van der Waals surface area contributed by atoms with E-state index in [0.717, 1.165) is 38.3 Å². The lowest BCUT2D eigenvalue weighted by atomic mass is 10.0. The Labute approximate surface area is 206 Å². The molecule has 0 aliphatic carbocycles. The minimum atomic E-state index is -0.370. The standard InChI is InChI=1S/C26H34N6O3/c1-5-24(33)31-14-12-30(13-15-31)16-20-6-8-21(9-7-20)19(4)28-25-27-11-10-23(29-25)32-22(18(2)3)17-35-26(32)34/h5-11,18-19,22H,1,12-17H2,2-4H3,(H,27,28,29)/t19?,22-/m1/s1. The second-order valence-electron chi connectivity index (χ2n) is 9.41. The molecule has 2 aliphatic rings. The van der Waals surface area contributed by atoms with Crippen LogP contribution in [0.2, 0.25) is 0 Å². The molecule has 2 amide bonds. The van der Waals surface area contributed by atoms with Gasteiger partial charge in [-0.3, -0.25) is 14.6 Å². The molecule has 2 aromatic rings. The fraction of sp³-hybridized carbons (Fsp3) is 0.462. The largest absolute Gasteiger partial charge is 0.447 e. The molecule has 2 saturated heterocycles. The van der Waals surface area contributed by atoms with E-state index in [-0.39, 0.29) is 30.0 Å². The molecular formula is C26H34N6O3. The maximum absolute atomic E-state index is 12.3. The van der Waals surface area contributed by atoms with Gasteiger partial charge in [-0.2, -0.15) is 4.98 Å². The zero-order chi connectivity index (χ0) is 24.9. The third-order valence-electron chi connectivity index (χ3n) is 6.65. The summed E-state index contributed by atoms with van der Waals surface area (Å²) in [5.41, 5.74) is 2.35. The smallest absolute Gasteiger partial charge is 0.415 e.